The third-order valence-corrected chi connectivity index (χ3v) is 5.47. The Balaban J connectivity index is 1.97. The summed E-state index contributed by atoms with van der Waals surface area (Å²) in [5, 5.41) is 5.68. The zero-order valence-corrected chi connectivity index (χ0v) is 18.2. The number of hydrogen-bond donors (Lipinski definition) is 0. The normalized spacial score (nSPS) is 16.6. The van der Waals surface area contributed by atoms with Gasteiger partial charge in [0.1, 0.15) is 17.7 Å². The highest BCUT2D eigenvalue weighted by atomic mass is 79.9. The highest BCUT2D eigenvalue weighted by molar-refractivity contribution is 9.09. The lowest BCUT2D eigenvalue weighted by Crippen LogP contribution is -2.44. The molecule has 30 heavy (non-hydrogen) atoms. The first-order chi connectivity index (χ1) is 14.0. The lowest BCUT2D eigenvalue weighted by atomic mass is 10.1. The Morgan fingerprint density at radius 3 is 2.63 bits per heavy atom. The van der Waals surface area contributed by atoms with E-state index in [-0.39, 0.29) is 23.0 Å². The van der Waals surface area contributed by atoms with Crippen LogP contribution >= 0.6 is 27.5 Å². The van der Waals surface area contributed by atoms with Crippen molar-refractivity contribution in [2.75, 3.05) is 22.3 Å². The van der Waals surface area contributed by atoms with Gasteiger partial charge in [0.05, 0.1) is 16.3 Å². The van der Waals surface area contributed by atoms with E-state index in [4.69, 9.17) is 11.6 Å². The van der Waals surface area contributed by atoms with E-state index in [0.29, 0.717) is 16.7 Å². The SMILES string of the molecule is Cc1cc(C(F)(F)F)cc(N2N=C(CBr)CC2C(=O)N(C)c2ccc(F)c(Cl)c2)n1. The van der Waals surface area contributed by atoms with Gasteiger partial charge < -0.3 is 4.90 Å². The molecular formula is C19H16BrClF4N4O. The first-order valence-electron chi connectivity index (χ1n) is 8.71. The maximum atomic E-state index is 13.4. The van der Waals surface area contributed by atoms with Crippen molar-refractivity contribution in [2.24, 2.45) is 5.10 Å². The van der Waals surface area contributed by atoms with Crippen LogP contribution in [0.2, 0.25) is 5.02 Å². The molecule has 0 N–H and O–H groups in total. The molecule has 0 saturated carbocycles. The first kappa shape index (κ1) is 22.5. The Hall–Kier alpha value is -2.20. The van der Waals surface area contributed by atoms with E-state index >= 15 is 0 Å². The average Bonchev–Trinajstić information content (AvgIpc) is 3.12. The molecule has 2 heterocycles. The predicted octanol–water partition coefficient (Wildman–Crippen LogP) is 5.19. The van der Waals surface area contributed by atoms with Crippen LogP contribution in [-0.4, -0.2) is 35.0 Å². The van der Waals surface area contributed by atoms with Gasteiger partial charge in [-0.05, 0) is 37.3 Å². The summed E-state index contributed by atoms with van der Waals surface area (Å²) in [7, 11) is 1.47. The summed E-state index contributed by atoms with van der Waals surface area (Å²) in [6.45, 7) is 1.44. The standard InChI is InChI=1S/C19H16BrClF4N4O/c1-10-5-11(19(23,24)25)6-17(26-10)29-16(7-12(9-20)27-29)18(30)28(2)13-3-4-15(22)14(21)8-13/h3-6,8,16H,7,9H2,1-2H3. The summed E-state index contributed by atoms with van der Waals surface area (Å²) in [5.41, 5.74) is 0.187. The number of rotatable bonds is 4. The number of aryl methyl sites for hydroxylation is 1. The van der Waals surface area contributed by atoms with Crippen molar-refractivity contribution >= 4 is 50.7 Å². The number of halogens is 6. The second-order valence-corrected chi connectivity index (χ2v) is 7.68. The van der Waals surface area contributed by atoms with E-state index in [1.54, 1.807) is 0 Å². The van der Waals surface area contributed by atoms with Gasteiger partial charge in [-0.25, -0.2) is 14.4 Å². The number of amides is 1. The number of carbonyl (C=O) groups is 1. The number of benzene rings is 1. The molecule has 2 aromatic rings. The van der Waals surface area contributed by atoms with Crippen LogP contribution in [0.25, 0.3) is 0 Å². The van der Waals surface area contributed by atoms with Crippen LogP contribution in [0.15, 0.2) is 35.4 Å². The number of hydrazone groups is 1. The monoisotopic (exact) mass is 506 g/mol. The molecule has 0 radical (unpaired) electrons. The maximum Gasteiger partial charge on any atom is 0.416 e. The number of likely N-dealkylation sites (N-methyl/N-ethyl adjacent to an activating group) is 1. The zero-order valence-electron chi connectivity index (χ0n) is 15.8. The summed E-state index contributed by atoms with van der Waals surface area (Å²) in [5.74, 6) is -1.16. The van der Waals surface area contributed by atoms with Gasteiger partial charge in [0.25, 0.3) is 5.91 Å². The van der Waals surface area contributed by atoms with Gasteiger partial charge in [-0.2, -0.15) is 18.3 Å². The van der Waals surface area contributed by atoms with Crippen LogP contribution in [0.3, 0.4) is 0 Å². The number of hydrogen-bond acceptors (Lipinski definition) is 4. The molecule has 1 atom stereocenters. The first-order valence-corrected chi connectivity index (χ1v) is 10.2. The average molecular weight is 508 g/mol. The van der Waals surface area contributed by atoms with Crippen molar-refractivity contribution in [3.8, 4) is 0 Å². The van der Waals surface area contributed by atoms with Crippen LogP contribution in [-0.2, 0) is 11.0 Å². The van der Waals surface area contributed by atoms with Gasteiger partial charge in [-0.3, -0.25) is 4.79 Å². The number of aromatic nitrogens is 1. The molecule has 1 aliphatic rings. The van der Waals surface area contributed by atoms with Crippen LogP contribution < -0.4 is 9.91 Å². The molecule has 1 amide bonds. The molecule has 1 unspecified atom stereocenters. The number of alkyl halides is 4. The highest BCUT2D eigenvalue weighted by Crippen LogP contribution is 2.34. The van der Waals surface area contributed by atoms with Crippen LogP contribution in [0, 0.1) is 12.7 Å². The molecule has 5 nitrogen and oxygen atoms in total. The minimum Gasteiger partial charge on any atom is -0.314 e. The molecule has 1 aromatic heterocycles. The summed E-state index contributed by atoms with van der Waals surface area (Å²) < 4.78 is 53.2. The quantitative estimate of drug-likeness (QED) is 0.423. The zero-order chi connectivity index (χ0) is 22.2. The largest absolute Gasteiger partial charge is 0.416 e. The van der Waals surface area contributed by atoms with Gasteiger partial charge >= 0.3 is 6.18 Å². The van der Waals surface area contributed by atoms with Crippen LogP contribution in [0.4, 0.5) is 29.1 Å². The molecule has 160 valence electrons. The Kier molecular flexibility index (Phi) is 6.37. The summed E-state index contributed by atoms with van der Waals surface area (Å²) >= 11 is 9.07. The Labute approximate surface area is 183 Å². The molecular weight excluding hydrogens is 492 g/mol. The van der Waals surface area contributed by atoms with Crippen molar-refractivity contribution in [1.29, 1.82) is 0 Å². The van der Waals surface area contributed by atoms with Gasteiger partial charge in [0, 0.05) is 30.2 Å². The van der Waals surface area contributed by atoms with Crippen LogP contribution in [0.1, 0.15) is 17.7 Å². The van der Waals surface area contributed by atoms with E-state index in [1.807, 2.05) is 0 Å². The van der Waals surface area contributed by atoms with Gasteiger partial charge in [0.15, 0.2) is 0 Å². The van der Waals surface area contributed by atoms with E-state index in [9.17, 15) is 22.4 Å². The van der Waals surface area contributed by atoms with Crippen molar-refractivity contribution in [1.82, 2.24) is 4.98 Å². The molecule has 1 aliphatic heterocycles. The minimum absolute atomic E-state index is 0.0813. The summed E-state index contributed by atoms with van der Waals surface area (Å²) in [6, 6.07) is 4.69. The van der Waals surface area contributed by atoms with Crippen molar-refractivity contribution < 1.29 is 22.4 Å². The molecule has 0 aliphatic carbocycles. The van der Waals surface area contributed by atoms with Gasteiger partial charge in [-0.15, -0.1) is 0 Å². The van der Waals surface area contributed by atoms with E-state index in [0.717, 1.165) is 18.2 Å². The summed E-state index contributed by atoms with van der Waals surface area (Å²) in [6.07, 6.45) is -4.37. The third kappa shape index (κ3) is 4.59. The fourth-order valence-electron chi connectivity index (χ4n) is 3.03. The van der Waals surface area contributed by atoms with E-state index < -0.39 is 29.5 Å². The maximum absolute atomic E-state index is 13.4. The Morgan fingerprint density at radius 1 is 1.33 bits per heavy atom. The second kappa shape index (κ2) is 8.50. The fourth-order valence-corrected chi connectivity index (χ4v) is 3.55. The molecule has 1 aromatic carbocycles. The van der Waals surface area contributed by atoms with Crippen molar-refractivity contribution in [2.45, 2.75) is 25.6 Å². The molecule has 0 saturated heterocycles. The molecule has 0 fully saturated rings. The van der Waals surface area contributed by atoms with E-state index in [1.165, 1.54) is 36.0 Å². The van der Waals surface area contributed by atoms with E-state index in [2.05, 4.69) is 26.0 Å². The third-order valence-electron chi connectivity index (χ3n) is 4.54. The number of pyridine rings is 1. The second-order valence-electron chi connectivity index (χ2n) is 6.71. The Bertz CT molecular complexity index is 1010. The minimum atomic E-state index is -4.56. The number of nitrogens with zero attached hydrogens (tertiary/aromatic N) is 4. The van der Waals surface area contributed by atoms with Crippen LogP contribution in [0.5, 0.6) is 0 Å². The predicted molar refractivity (Wildman–Crippen MR) is 111 cm³/mol. The highest BCUT2D eigenvalue weighted by Gasteiger charge is 2.38. The molecule has 0 bridgehead atoms. The topological polar surface area (TPSA) is 48.8 Å². The lowest BCUT2D eigenvalue weighted by Gasteiger charge is -2.27. The number of carbonyl (C=O) groups excluding carboxylic acids is 1. The molecule has 3 rings (SSSR count). The Morgan fingerprint density at radius 2 is 2.03 bits per heavy atom. The molecule has 11 heteroatoms. The fraction of sp³-hybridized carbons (Fsp3) is 0.316. The lowest BCUT2D eigenvalue weighted by molar-refractivity contribution is -0.137. The van der Waals surface area contributed by atoms with Gasteiger partial charge in [0.2, 0.25) is 0 Å². The van der Waals surface area contributed by atoms with Gasteiger partial charge in [-0.1, -0.05) is 27.5 Å². The molecule has 0 spiro atoms. The van der Waals surface area contributed by atoms with Crippen molar-refractivity contribution in [3.63, 3.8) is 0 Å². The summed E-state index contributed by atoms with van der Waals surface area (Å²) in [4.78, 5) is 18.6. The smallest absolute Gasteiger partial charge is 0.314 e. The van der Waals surface area contributed by atoms with Crippen molar-refractivity contribution in [3.05, 3.63) is 52.4 Å². The number of anilines is 2.